The molecule has 0 unspecified atom stereocenters. The number of aromatic nitrogens is 2. The van der Waals surface area contributed by atoms with Crippen molar-refractivity contribution in [1.29, 1.82) is 0 Å². The lowest BCUT2D eigenvalue weighted by Gasteiger charge is -2.49. The first-order valence-electron chi connectivity index (χ1n) is 21.0. The van der Waals surface area contributed by atoms with Crippen LogP contribution in [-0.2, 0) is 36.1 Å². The summed E-state index contributed by atoms with van der Waals surface area (Å²) in [6, 6.07) is 38.3. The van der Waals surface area contributed by atoms with Crippen LogP contribution in [0, 0.1) is 0 Å². The van der Waals surface area contributed by atoms with Crippen molar-refractivity contribution in [2.45, 2.75) is 55.3 Å². The molecular formula is C49H43BrN6O7S2. The summed E-state index contributed by atoms with van der Waals surface area (Å²) in [6.45, 7) is -0.0349. The molecule has 2 atom stereocenters. The third-order valence-electron chi connectivity index (χ3n) is 11.4. The van der Waals surface area contributed by atoms with E-state index in [1.54, 1.807) is 55.0 Å². The van der Waals surface area contributed by atoms with E-state index in [9.17, 15) is 14.4 Å². The van der Waals surface area contributed by atoms with Gasteiger partial charge in [-0.3, -0.25) is 14.5 Å². The number of hydrogen-bond donors (Lipinski definition) is 2. The van der Waals surface area contributed by atoms with Crippen LogP contribution in [0.2, 0.25) is 0 Å². The van der Waals surface area contributed by atoms with Crippen LogP contribution in [-0.4, -0.2) is 68.9 Å². The summed E-state index contributed by atoms with van der Waals surface area (Å²) in [4.78, 5) is 55.0. The van der Waals surface area contributed by atoms with E-state index in [0.29, 0.717) is 32.6 Å². The van der Waals surface area contributed by atoms with Crippen molar-refractivity contribution in [3.63, 3.8) is 0 Å². The number of nitrogens with zero attached hydrogens (tertiary/aromatic N) is 4. The average molecular weight is 972 g/mol. The number of carbonyl (C=O) groups excluding carboxylic acids is 3. The highest BCUT2D eigenvalue weighted by atomic mass is 79.9. The Hall–Kier alpha value is -6.49. The number of hydrogen-bond acceptors (Lipinski definition) is 13. The van der Waals surface area contributed by atoms with Gasteiger partial charge in [0.25, 0.3) is 11.8 Å². The Bertz CT molecular complexity index is 2640. The lowest BCUT2D eigenvalue weighted by molar-refractivity contribution is -0.153. The van der Waals surface area contributed by atoms with Crippen LogP contribution in [0.5, 0.6) is 5.75 Å². The minimum absolute atomic E-state index is 0.0349. The second-order valence-corrected chi connectivity index (χ2v) is 18.3. The zero-order chi connectivity index (χ0) is 44.8. The van der Waals surface area contributed by atoms with Gasteiger partial charge in [0.2, 0.25) is 0 Å². The molecule has 2 aliphatic heterocycles. The number of nitrogens with one attached hydrogen (secondary N) is 2. The SMILES string of the molecule is COc1ccc(COC(=O)C2=C(/C=C\c3cc(Br)no3)CS[C@@H]3[C@H](NC(=O)/C(=N\OC4CCCC4)c4csc(NC(c5ccccc5)(c5ccccc5)c5ccccc5)n4)C(=O)N23)cc1. The third-order valence-corrected chi connectivity index (χ3v) is 13.9. The van der Waals surface area contributed by atoms with Gasteiger partial charge in [0.15, 0.2) is 16.6 Å². The van der Waals surface area contributed by atoms with E-state index in [-0.39, 0.29) is 29.8 Å². The van der Waals surface area contributed by atoms with Gasteiger partial charge in [-0.15, -0.1) is 23.1 Å². The molecule has 1 aliphatic carbocycles. The number of oxime groups is 1. The highest BCUT2D eigenvalue weighted by Crippen LogP contribution is 2.43. The molecule has 16 heteroatoms. The molecule has 2 N–H and O–H groups in total. The third kappa shape index (κ3) is 9.37. The maximum absolute atomic E-state index is 14.5. The molecule has 0 spiro atoms. The van der Waals surface area contributed by atoms with Gasteiger partial charge in [-0.05, 0) is 87.6 Å². The van der Waals surface area contributed by atoms with Crippen LogP contribution in [0.15, 0.2) is 158 Å². The van der Waals surface area contributed by atoms with Gasteiger partial charge in [-0.2, -0.15) is 0 Å². The van der Waals surface area contributed by atoms with E-state index in [4.69, 9.17) is 23.8 Å². The predicted octanol–water partition coefficient (Wildman–Crippen LogP) is 9.08. The van der Waals surface area contributed by atoms with Crippen molar-refractivity contribution >= 4 is 73.7 Å². The standard InChI is InChI=1S/C49H43BrN6O7S2/c1-60-36-24-21-31(22-25-36)28-61-47(59)43-32(23-26-38-27-40(50)54-63-38)29-64-46-42(45(58)56(43)46)52-44(57)41(55-62-37-19-11-12-20-37)39-30-65-48(51-39)53-49(33-13-5-2-6-14-33,34-15-7-3-8-16-34)35-17-9-4-10-18-35/h2-10,13-18,21-27,30,37,42,46H,11-12,19-20,28-29H2,1H3,(H,51,53)(H,52,57)/b26-23-,55-41-/t42-,46-/m1/s1. The molecule has 3 aliphatic rings. The fourth-order valence-electron chi connectivity index (χ4n) is 8.14. The number of fused-ring (bicyclic) bond motifs is 1. The van der Waals surface area contributed by atoms with Crippen molar-refractivity contribution in [3.05, 3.63) is 182 Å². The molecule has 4 heterocycles. The molecule has 2 fully saturated rings. The van der Waals surface area contributed by atoms with Crippen molar-refractivity contribution in [1.82, 2.24) is 20.4 Å². The first-order chi connectivity index (χ1) is 31.8. The van der Waals surface area contributed by atoms with Crippen LogP contribution >= 0.6 is 39.0 Å². The van der Waals surface area contributed by atoms with E-state index < -0.39 is 34.7 Å². The Balaban J connectivity index is 0.993. The summed E-state index contributed by atoms with van der Waals surface area (Å²) < 4.78 is 16.9. The highest BCUT2D eigenvalue weighted by molar-refractivity contribution is 9.10. The minimum atomic E-state index is -0.984. The number of rotatable bonds is 16. The number of thioether (sulfide) groups is 1. The Labute approximate surface area is 392 Å². The number of anilines is 1. The summed E-state index contributed by atoms with van der Waals surface area (Å²) in [6.07, 6.45) is 6.88. The zero-order valence-corrected chi connectivity index (χ0v) is 38.3. The Morgan fingerprint density at radius 2 is 1.57 bits per heavy atom. The summed E-state index contributed by atoms with van der Waals surface area (Å²) in [5.41, 5.74) is 3.70. The monoisotopic (exact) mass is 970 g/mol. The number of amides is 2. The van der Waals surface area contributed by atoms with E-state index in [2.05, 4.69) is 73.3 Å². The Morgan fingerprint density at radius 1 is 0.923 bits per heavy atom. The van der Waals surface area contributed by atoms with Crippen molar-refractivity contribution in [2.24, 2.45) is 5.16 Å². The normalized spacial score (nSPS) is 17.7. The lowest BCUT2D eigenvalue weighted by atomic mass is 9.77. The second kappa shape index (κ2) is 19.7. The van der Waals surface area contributed by atoms with Gasteiger partial charge in [0, 0.05) is 17.2 Å². The van der Waals surface area contributed by atoms with Crippen LogP contribution < -0.4 is 15.4 Å². The fraction of sp³-hybridized carbons (Fsp3) is 0.224. The van der Waals surface area contributed by atoms with Gasteiger partial charge in [0.1, 0.15) is 51.4 Å². The van der Waals surface area contributed by atoms with Gasteiger partial charge >= 0.3 is 5.97 Å². The summed E-state index contributed by atoms with van der Waals surface area (Å²) >= 11 is 6.03. The molecule has 2 amide bonds. The van der Waals surface area contributed by atoms with Crippen LogP contribution in [0.3, 0.4) is 0 Å². The van der Waals surface area contributed by atoms with E-state index >= 15 is 0 Å². The van der Waals surface area contributed by atoms with Crippen LogP contribution in [0.4, 0.5) is 5.13 Å². The van der Waals surface area contributed by atoms with Gasteiger partial charge in [-0.1, -0.05) is 120 Å². The van der Waals surface area contributed by atoms with E-state index in [1.165, 1.54) is 28.0 Å². The smallest absolute Gasteiger partial charge is 0.355 e. The number of esters is 1. The number of ether oxygens (including phenoxy) is 2. The van der Waals surface area contributed by atoms with Crippen molar-refractivity contribution in [3.8, 4) is 5.75 Å². The predicted molar refractivity (Wildman–Crippen MR) is 253 cm³/mol. The quantitative estimate of drug-likeness (QED) is 0.0314. The molecule has 4 aromatic carbocycles. The fourth-order valence-corrected chi connectivity index (χ4v) is 10.5. The molecule has 13 nitrogen and oxygen atoms in total. The van der Waals surface area contributed by atoms with E-state index in [1.807, 2.05) is 54.6 Å². The van der Waals surface area contributed by atoms with Gasteiger partial charge < -0.3 is 29.5 Å². The molecule has 6 aromatic rings. The van der Waals surface area contributed by atoms with Crippen molar-refractivity contribution in [2.75, 3.05) is 18.2 Å². The molecule has 9 rings (SSSR count). The number of methoxy groups -OCH3 is 1. The molecular weight excluding hydrogens is 929 g/mol. The first kappa shape index (κ1) is 43.7. The minimum Gasteiger partial charge on any atom is -0.497 e. The van der Waals surface area contributed by atoms with E-state index in [0.717, 1.165) is 47.9 Å². The zero-order valence-electron chi connectivity index (χ0n) is 35.1. The molecule has 0 bridgehead atoms. The second-order valence-electron chi connectivity index (χ2n) is 15.5. The van der Waals surface area contributed by atoms with Gasteiger partial charge in [-0.25, -0.2) is 9.78 Å². The average Bonchev–Trinajstić information content (AvgIpc) is 4.15. The highest BCUT2D eigenvalue weighted by Gasteiger charge is 2.54. The maximum Gasteiger partial charge on any atom is 0.355 e. The largest absolute Gasteiger partial charge is 0.497 e. The number of carbonyl (C=O) groups is 3. The molecule has 330 valence electrons. The lowest BCUT2D eigenvalue weighted by Crippen LogP contribution is -2.71. The van der Waals surface area contributed by atoms with Gasteiger partial charge in [0.05, 0.1) is 7.11 Å². The van der Waals surface area contributed by atoms with Crippen LogP contribution in [0.25, 0.3) is 6.08 Å². The van der Waals surface area contributed by atoms with Crippen molar-refractivity contribution < 1.29 is 33.2 Å². The molecule has 1 saturated heterocycles. The summed E-state index contributed by atoms with van der Waals surface area (Å²) in [7, 11) is 1.58. The molecule has 2 aromatic heterocycles. The molecule has 1 saturated carbocycles. The maximum atomic E-state index is 14.5. The topological polar surface area (TPSA) is 157 Å². The number of β-lactam (4-membered cyclic amide) rings is 1. The molecule has 0 radical (unpaired) electrons. The number of thiazole rings is 1. The van der Waals surface area contributed by atoms with Crippen LogP contribution in [0.1, 0.15) is 59.4 Å². The Morgan fingerprint density at radius 3 is 2.17 bits per heavy atom. The Kier molecular flexibility index (Phi) is 13.3. The molecule has 65 heavy (non-hydrogen) atoms. The number of halogens is 1. The first-order valence-corrected chi connectivity index (χ1v) is 23.8. The summed E-state index contributed by atoms with van der Waals surface area (Å²) in [5, 5.41) is 16.7. The number of allylic oxidation sites excluding steroid dienone is 1. The number of benzene rings is 4. The summed E-state index contributed by atoms with van der Waals surface area (Å²) in [5.74, 6) is -0.348.